The highest BCUT2D eigenvalue weighted by Gasteiger charge is 2.47. The van der Waals surface area contributed by atoms with Crippen LogP contribution in [-0.4, -0.2) is 70.7 Å². The summed E-state index contributed by atoms with van der Waals surface area (Å²) < 4.78 is 49.8. The summed E-state index contributed by atoms with van der Waals surface area (Å²) in [5.41, 5.74) is 0.457. The van der Waals surface area contributed by atoms with Crippen molar-refractivity contribution in [1.82, 2.24) is 15.3 Å². The molecule has 8 nitrogen and oxygen atoms in total. The van der Waals surface area contributed by atoms with Crippen LogP contribution in [-0.2, 0) is 14.4 Å². The number of urea groups is 1. The molecule has 3 amide bonds. The molecule has 2 heterocycles. The van der Waals surface area contributed by atoms with Crippen LogP contribution in [0.1, 0.15) is 6.92 Å². The summed E-state index contributed by atoms with van der Waals surface area (Å²) in [4.78, 5) is 39.0. The fourth-order valence-electron chi connectivity index (χ4n) is 2.49. The SMILES string of the molecule is CC1=C[C@@H]2CN(C(=O)N2OC(F)C(=O)O)[C@@H]1CNC(=O)C(F)(F)F. The van der Waals surface area contributed by atoms with Gasteiger partial charge in [0.1, 0.15) is 0 Å². The van der Waals surface area contributed by atoms with Gasteiger partial charge in [-0.05, 0) is 6.92 Å². The number of carboxylic acids is 1. The smallest absolute Gasteiger partial charge is 0.471 e. The highest BCUT2D eigenvalue weighted by Crippen LogP contribution is 2.30. The van der Waals surface area contributed by atoms with Crippen LogP contribution < -0.4 is 5.32 Å². The van der Waals surface area contributed by atoms with Crippen LogP contribution >= 0.6 is 0 Å². The third kappa shape index (κ3) is 3.42. The maximum atomic E-state index is 13.2. The van der Waals surface area contributed by atoms with Crippen molar-refractivity contribution in [1.29, 1.82) is 0 Å². The van der Waals surface area contributed by atoms with Gasteiger partial charge in [-0.3, -0.25) is 4.79 Å². The van der Waals surface area contributed by atoms with E-state index in [1.54, 1.807) is 5.32 Å². The number of fused-ring (bicyclic) bond motifs is 2. The Morgan fingerprint density at radius 1 is 1.50 bits per heavy atom. The van der Waals surface area contributed by atoms with Crippen LogP contribution in [0.25, 0.3) is 0 Å². The summed E-state index contributed by atoms with van der Waals surface area (Å²) in [6, 6.07) is -2.55. The molecule has 2 rings (SSSR count). The molecule has 1 fully saturated rings. The van der Waals surface area contributed by atoms with Crippen LogP contribution in [0.5, 0.6) is 0 Å². The van der Waals surface area contributed by atoms with Crippen molar-refractivity contribution in [2.75, 3.05) is 13.1 Å². The number of carbonyl (C=O) groups is 3. The number of halogens is 4. The molecule has 0 aromatic heterocycles. The second-order valence-corrected chi connectivity index (χ2v) is 5.22. The molecular weight excluding hydrogens is 342 g/mol. The molecule has 0 aliphatic carbocycles. The monoisotopic (exact) mass is 355 g/mol. The zero-order valence-corrected chi connectivity index (χ0v) is 12.2. The van der Waals surface area contributed by atoms with E-state index in [9.17, 15) is 31.9 Å². The predicted octanol–water partition coefficient (Wildman–Crippen LogP) is 0.411. The van der Waals surface area contributed by atoms with Gasteiger partial charge in [0.05, 0.1) is 12.1 Å². The normalized spacial score (nSPS) is 24.7. The van der Waals surface area contributed by atoms with Crippen LogP contribution in [0.4, 0.5) is 22.4 Å². The van der Waals surface area contributed by atoms with Gasteiger partial charge in [0.25, 0.3) is 0 Å². The molecule has 2 aliphatic heterocycles. The molecule has 1 saturated heterocycles. The molecule has 3 atom stereocenters. The van der Waals surface area contributed by atoms with Gasteiger partial charge < -0.3 is 15.3 Å². The van der Waals surface area contributed by atoms with E-state index < -0.39 is 49.1 Å². The summed E-state index contributed by atoms with van der Waals surface area (Å²) >= 11 is 0. The molecular formula is C12H13F4N3O5. The molecule has 0 radical (unpaired) electrons. The lowest BCUT2D eigenvalue weighted by molar-refractivity contribution is -0.219. The quantitative estimate of drug-likeness (QED) is 0.550. The standard InChI is InChI=1S/C12H13F4N3O5/c1-5-2-6-4-18(7(5)3-17-10(22)12(14,15)16)11(23)19(6)24-8(13)9(20)21/h2,6-8H,3-4H2,1H3,(H,17,22)(H,20,21)/t6-,7-,8?/m1/s1. The summed E-state index contributed by atoms with van der Waals surface area (Å²) in [7, 11) is 0. The Morgan fingerprint density at radius 2 is 2.12 bits per heavy atom. The first-order valence-electron chi connectivity index (χ1n) is 6.69. The van der Waals surface area contributed by atoms with Gasteiger partial charge in [-0.1, -0.05) is 11.6 Å². The lowest BCUT2D eigenvalue weighted by Crippen LogP contribution is -2.49. The third-order valence-corrected chi connectivity index (χ3v) is 3.59. The minimum absolute atomic E-state index is 0.0327. The Kier molecular flexibility index (Phi) is 4.69. The average Bonchev–Trinajstić information content (AvgIpc) is 2.71. The fourth-order valence-corrected chi connectivity index (χ4v) is 2.49. The molecule has 12 heteroatoms. The van der Waals surface area contributed by atoms with Gasteiger partial charge in [-0.25, -0.2) is 18.8 Å². The van der Waals surface area contributed by atoms with Gasteiger partial charge in [0, 0.05) is 13.1 Å². The van der Waals surface area contributed by atoms with Crippen LogP contribution in [0.2, 0.25) is 0 Å². The van der Waals surface area contributed by atoms with Crippen molar-refractivity contribution in [2.24, 2.45) is 0 Å². The minimum atomic E-state index is -5.05. The van der Waals surface area contributed by atoms with Crippen LogP contribution in [0, 0.1) is 0 Å². The Morgan fingerprint density at radius 3 is 2.67 bits per heavy atom. The van der Waals surface area contributed by atoms with E-state index in [4.69, 9.17) is 5.11 Å². The Hall–Kier alpha value is -2.37. The number of carboxylic acid groups (broad SMARTS) is 1. The Balaban J connectivity index is 2.07. The number of carbonyl (C=O) groups excluding carboxylic acids is 2. The van der Waals surface area contributed by atoms with Gasteiger partial charge in [-0.2, -0.15) is 18.2 Å². The van der Waals surface area contributed by atoms with Gasteiger partial charge >= 0.3 is 30.4 Å². The molecule has 0 aromatic carbocycles. The van der Waals surface area contributed by atoms with Crippen molar-refractivity contribution in [2.45, 2.75) is 31.5 Å². The summed E-state index contributed by atoms with van der Waals surface area (Å²) in [5.74, 6) is -4.07. The topological polar surface area (TPSA) is 99.2 Å². The number of nitrogens with zero attached hydrogens (tertiary/aromatic N) is 2. The average molecular weight is 355 g/mol. The van der Waals surface area contributed by atoms with E-state index in [0.717, 1.165) is 4.90 Å². The number of hydrogen-bond acceptors (Lipinski definition) is 4. The highest BCUT2D eigenvalue weighted by atomic mass is 19.4. The van der Waals surface area contributed by atoms with Crippen molar-refractivity contribution in [3.63, 3.8) is 0 Å². The molecule has 0 spiro atoms. The molecule has 2 bridgehead atoms. The number of aliphatic carboxylic acids is 1. The first-order valence-corrected chi connectivity index (χ1v) is 6.69. The Bertz CT molecular complexity index is 594. The lowest BCUT2D eigenvalue weighted by atomic mass is 10.0. The summed E-state index contributed by atoms with van der Waals surface area (Å²) in [5, 5.41) is 10.7. The van der Waals surface area contributed by atoms with E-state index in [2.05, 4.69) is 4.84 Å². The van der Waals surface area contributed by atoms with Crippen LogP contribution in [0.15, 0.2) is 11.6 Å². The lowest BCUT2D eigenvalue weighted by Gasteiger charge is -2.30. The second kappa shape index (κ2) is 6.26. The fraction of sp³-hybridized carbons (Fsp3) is 0.583. The molecule has 24 heavy (non-hydrogen) atoms. The molecule has 1 unspecified atom stereocenters. The molecule has 2 aliphatic rings. The third-order valence-electron chi connectivity index (χ3n) is 3.59. The second-order valence-electron chi connectivity index (χ2n) is 5.22. The number of rotatable bonds is 5. The molecule has 134 valence electrons. The number of hydroxylamine groups is 2. The van der Waals surface area contributed by atoms with Crippen molar-refractivity contribution in [3.8, 4) is 0 Å². The highest BCUT2D eigenvalue weighted by molar-refractivity contribution is 5.82. The maximum Gasteiger partial charge on any atom is 0.471 e. The number of nitrogens with one attached hydrogen (secondary N) is 1. The van der Waals surface area contributed by atoms with Crippen molar-refractivity contribution >= 4 is 17.9 Å². The minimum Gasteiger partial charge on any atom is -0.477 e. The van der Waals surface area contributed by atoms with Crippen LogP contribution in [0.3, 0.4) is 0 Å². The summed E-state index contributed by atoms with van der Waals surface area (Å²) in [6.07, 6.45) is -6.37. The van der Waals surface area contributed by atoms with E-state index in [0.29, 0.717) is 10.6 Å². The molecule has 2 N–H and O–H groups in total. The first kappa shape index (κ1) is 18.0. The zero-order valence-electron chi connectivity index (χ0n) is 12.2. The largest absolute Gasteiger partial charge is 0.477 e. The zero-order chi connectivity index (χ0) is 18.2. The number of hydrogen-bond donors (Lipinski definition) is 2. The van der Waals surface area contributed by atoms with Gasteiger partial charge in [-0.15, -0.1) is 0 Å². The molecule has 0 aromatic rings. The van der Waals surface area contributed by atoms with Gasteiger partial charge in [0.2, 0.25) is 0 Å². The predicted molar refractivity (Wildman–Crippen MR) is 68.0 cm³/mol. The van der Waals surface area contributed by atoms with E-state index >= 15 is 0 Å². The molecule has 0 saturated carbocycles. The Labute approximate surface area is 132 Å². The van der Waals surface area contributed by atoms with Crippen molar-refractivity contribution in [3.05, 3.63) is 11.6 Å². The summed E-state index contributed by atoms with van der Waals surface area (Å²) in [6.45, 7) is 0.991. The van der Waals surface area contributed by atoms with Gasteiger partial charge in [0.15, 0.2) is 0 Å². The number of amides is 3. The maximum absolute atomic E-state index is 13.2. The number of alkyl halides is 4. The van der Waals surface area contributed by atoms with E-state index in [1.165, 1.54) is 13.0 Å². The van der Waals surface area contributed by atoms with Crippen molar-refractivity contribution < 1.29 is 41.9 Å². The first-order chi connectivity index (χ1) is 11.0. The van der Waals surface area contributed by atoms with E-state index in [-0.39, 0.29) is 6.54 Å². The van der Waals surface area contributed by atoms with E-state index in [1.807, 2.05) is 0 Å².